The first-order chi connectivity index (χ1) is 7.59. The van der Waals surface area contributed by atoms with Crippen LogP contribution in [0.2, 0.25) is 0 Å². The van der Waals surface area contributed by atoms with Crippen LogP contribution < -0.4 is 0 Å². The molecule has 0 aliphatic rings. The molecule has 1 atom stereocenters. The van der Waals surface area contributed by atoms with Gasteiger partial charge in [-0.1, -0.05) is 20.8 Å². The molecule has 0 bridgehead atoms. The van der Waals surface area contributed by atoms with Crippen molar-refractivity contribution in [2.75, 3.05) is 6.61 Å². The van der Waals surface area contributed by atoms with Crippen molar-refractivity contribution in [1.29, 1.82) is 0 Å². The summed E-state index contributed by atoms with van der Waals surface area (Å²) in [6, 6.07) is 0. The zero-order valence-electron chi connectivity index (χ0n) is 9.75. The van der Waals surface area contributed by atoms with Gasteiger partial charge in [-0.25, -0.2) is 0 Å². The number of hydrogen-bond acceptors (Lipinski definition) is 3. The molecule has 0 aromatic heterocycles. The molecule has 18 heavy (non-hydrogen) atoms. The third-order valence-electron chi connectivity index (χ3n) is 1.63. The minimum atomic E-state index is -6.23. The maximum absolute atomic E-state index is 13.0. The summed E-state index contributed by atoms with van der Waals surface area (Å²) in [5.41, 5.74) is -0.890. The van der Waals surface area contributed by atoms with Gasteiger partial charge in [-0.15, -0.1) is 0 Å². The molecule has 0 aliphatic heterocycles. The highest BCUT2D eigenvalue weighted by Crippen LogP contribution is 2.38. The Morgan fingerprint density at radius 1 is 1.11 bits per heavy atom. The van der Waals surface area contributed by atoms with Gasteiger partial charge in [0.15, 0.2) is 0 Å². The van der Waals surface area contributed by atoms with Crippen LogP contribution in [0.4, 0.5) is 22.0 Å². The van der Waals surface area contributed by atoms with E-state index in [1.54, 1.807) is 0 Å². The largest absolute Gasteiger partial charge is 0.421 e. The fraction of sp³-hybridized carbons (Fsp3) is 1.00. The minimum absolute atomic E-state index is 0.762. The van der Waals surface area contributed by atoms with E-state index in [4.69, 9.17) is 4.55 Å². The molecule has 0 saturated heterocycles. The lowest BCUT2D eigenvalue weighted by Gasteiger charge is -2.29. The Morgan fingerprint density at radius 3 is 1.72 bits per heavy atom. The fourth-order valence-electron chi connectivity index (χ4n) is 0.851. The number of hydrogen-bond donors (Lipinski definition) is 1. The zero-order chi connectivity index (χ0) is 15.0. The Bertz CT molecular complexity index is 381. The van der Waals surface area contributed by atoms with E-state index >= 15 is 0 Å². The standard InChI is InChI=1S/C8H13F5O4S/c1-6(2,3)4-17-5(7(9,10)11)8(12,13)18(14,15)16/h5H,4H2,1-3H3,(H,14,15,16). The summed E-state index contributed by atoms with van der Waals surface area (Å²) < 4.78 is 95.7. The summed E-state index contributed by atoms with van der Waals surface area (Å²) >= 11 is 0. The second-order valence-corrected chi connectivity index (χ2v) is 6.32. The lowest BCUT2D eigenvalue weighted by Crippen LogP contribution is -2.52. The van der Waals surface area contributed by atoms with Gasteiger partial charge in [0, 0.05) is 0 Å². The molecule has 0 rings (SSSR count). The van der Waals surface area contributed by atoms with Crippen molar-refractivity contribution < 1.29 is 39.7 Å². The summed E-state index contributed by atoms with van der Waals surface area (Å²) in [4.78, 5) is 0. The van der Waals surface area contributed by atoms with E-state index in [1.165, 1.54) is 20.8 Å². The smallest absolute Gasteiger partial charge is 0.362 e. The Morgan fingerprint density at radius 2 is 1.50 bits per heavy atom. The van der Waals surface area contributed by atoms with Crippen molar-refractivity contribution in [2.24, 2.45) is 5.41 Å². The van der Waals surface area contributed by atoms with Crippen molar-refractivity contribution in [2.45, 2.75) is 38.3 Å². The van der Waals surface area contributed by atoms with Crippen molar-refractivity contribution in [1.82, 2.24) is 0 Å². The lowest BCUT2D eigenvalue weighted by atomic mass is 9.98. The molecule has 0 spiro atoms. The highest BCUT2D eigenvalue weighted by atomic mass is 32.2. The monoisotopic (exact) mass is 300 g/mol. The highest BCUT2D eigenvalue weighted by Gasteiger charge is 2.64. The van der Waals surface area contributed by atoms with E-state index in [-0.39, 0.29) is 0 Å². The number of ether oxygens (including phenoxy) is 1. The molecule has 0 heterocycles. The van der Waals surface area contributed by atoms with Gasteiger partial charge in [-0.2, -0.15) is 30.4 Å². The van der Waals surface area contributed by atoms with Crippen molar-refractivity contribution >= 4 is 10.1 Å². The molecular weight excluding hydrogens is 287 g/mol. The third kappa shape index (κ3) is 4.65. The number of halogens is 5. The number of alkyl halides is 5. The Hall–Kier alpha value is -0.480. The average Bonchev–Trinajstić information content (AvgIpc) is 1.95. The van der Waals surface area contributed by atoms with Crippen LogP contribution >= 0.6 is 0 Å². The van der Waals surface area contributed by atoms with Gasteiger partial charge < -0.3 is 4.74 Å². The first-order valence-electron chi connectivity index (χ1n) is 4.62. The van der Waals surface area contributed by atoms with E-state index in [2.05, 4.69) is 4.74 Å². The summed E-state index contributed by atoms with van der Waals surface area (Å²) in [5, 5.41) is -5.46. The first kappa shape index (κ1) is 17.5. The molecule has 0 aromatic rings. The molecule has 1 unspecified atom stereocenters. The zero-order valence-corrected chi connectivity index (χ0v) is 10.6. The van der Waals surface area contributed by atoms with Crippen LogP contribution in [0.3, 0.4) is 0 Å². The minimum Gasteiger partial charge on any atom is -0.362 e. The molecule has 0 fully saturated rings. The summed E-state index contributed by atoms with van der Waals surface area (Å²) in [6.07, 6.45) is -9.55. The van der Waals surface area contributed by atoms with Crippen molar-refractivity contribution in [3.05, 3.63) is 0 Å². The third-order valence-corrected chi connectivity index (χ3v) is 2.53. The van der Waals surface area contributed by atoms with Crippen molar-refractivity contribution in [3.8, 4) is 0 Å². The fourth-order valence-corrected chi connectivity index (χ4v) is 1.32. The average molecular weight is 300 g/mol. The molecule has 0 aliphatic carbocycles. The number of rotatable bonds is 4. The van der Waals surface area contributed by atoms with Gasteiger partial charge in [0.1, 0.15) is 0 Å². The van der Waals surface area contributed by atoms with Gasteiger partial charge in [-0.3, -0.25) is 4.55 Å². The van der Waals surface area contributed by atoms with E-state index < -0.39 is 39.7 Å². The van der Waals surface area contributed by atoms with E-state index in [0.29, 0.717) is 0 Å². The maximum Gasteiger partial charge on any atom is 0.421 e. The molecule has 1 N–H and O–H groups in total. The normalized spacial score (nSPS) is 16.7. The Kier molecular flexibility index (Phi) is 4.76. The van der Waals surface area contributed by atoms with Crippen LogP contribution in [0.1, 0.15) is 20.8 Å². The van der Waals surface area contributed by atoms with Crippen molar-refractivity contribution in [3.63, 3.8) is 0 Å². The summed E-state index contributed by atoms with van der Waals surface area (Å²) in [6.45, 7) is 3.46. The topological polar surface area (TPSA) is 63.6 Å². The molecule has 10 heteroatoms. The Balaban J connectivity index is 5.29. The summed E-state index contributed by atoms with van der Waals surface area (Å²) in [7, 11) is -6.23. The predicted molar refractivity (Wildman–Crippen MR) is 51.7 cm³/mol. The first-order valence-corrected chi connectivity index (χ1v) is 6.06. The van der Waals surface area contributed by atoms with Crippen LogP contribution in [0.15, 0.2) is 0 Å². The van der Waals surface area contributed by atoms with E-state index in [9.17, 15) is 30.4 Å². The van der Waals surface area contributed by atoms with Gasteiger partial charge in [0.05, 0.1) is 6.61 Å². The second kappa shape index (κ2) is 4.89. The van der Waals surface area contributed by atoms with E-state index in [0.717, 1.165) is 0 Å². The van der Waals surface area contributed by atoms with Gasteiger partial charge in [0.2, 0.25) is 6.10 Å². The highest BCUT2D eigenvalue weighted by molar-refractivity contribution is 7.86. The van der Waals surface area contributed by atoms with Gasteiger partial charge in [0.25, 0.3) is 0 Å². The van der Waals surface area contributed by atoms with E-state index in [1.807, 2.05) is 0 Å². The van der Waals surface area contributed by atoms with Crippen LogP contribution in [-0.4, -0.2) is 37.1 Å². The molecule has 4 nitrogen and oxygen atoms in total. The summed E-state index contributed by atoms with van der Waals surface area (Å²) in [5.74, 6) is 0. The van der Waals surface area contributed by atoms with Gasteiger partial charge in [-0.05, 0) is 5.41 Å². The SMILES string of the molecule is CC(C)(C)COC(C(F)(F)F)C(F)(F)S(=O)(=O)O. The van der Waals surface area contributed by atoms with Crippen LogP contribution in [0.25, 0.3) is 0 Å². The van der Waals surface area contributed by atoms with Crippen LogP contribution in [0, 0.1) is 5.41 Å². The molecule has 0 aromatic carbocycles. The van der Waals surface area contributed by atoms with Gasteiger partial charge >= 0.3 is 21.5 Å². The second-order valence-electron chi connectivity index (χ2n) is 4.83. The molecule has 0 saturated carbocycles. The lowest BCUT2D eigenvalue weighted by molar-refractivity contribution is -0.269. The molecule has 0 radical (unpaired) electrons. The Labute approximate surface area is 101 Å². The van der Waals surface area contributed by atoms with Crippen LogP contribution in [-0.2, 0) is 14.9 Å². The van der Waals surface area contributed by atoms with Crippen LogP contribution in [0.5, 0.6) is 0 Å². The maximum atomic E-state index is 13.0. The molecule has 110 valence electrons. The quantitative estimate of drug-likeness (QED) is 0.640. The molecular formula is C8H13F5O4S. The predicted octanol–water partition coefficient (Wildman–Crippen LogP) is 2.46. The molecule has 0 amide bonds.